The molecule has 1 rings (SSSR count). The van der Waals surface area contributed by atoms with Crippen molar-refractivity contribution in [3.05, 3.63) is 0 Å². The van der Waals surface area contributed by atoms with Crippen molar-refractivity contribution in [1.29, 1.82) is 0 Å². The fraction of sp³-hybridized carbons (Fsp3) is 1.00. The van der Waals surface area contributed by atoms with E-state index in [0.717, 1.165) is 32.5 Å². The minimum absolute atomic E-state index is 0.0901. The average molecular weight is 299 g/mol. The van der Waals surface area contributed by atoms with Gasteiger partial charge >= 0.3 is 0 Å². The van der Waals surface area contributed by atoms with E-state index in [2.05, 4.69) is 12.2 Å². The van der Waals surface area contributed by atoms with Crippen molar-refractivity contribution >= 4 is 0 Å². The van der Waals surface area contributed by atoms with E-state index in [4.69, 9.17) is 4.74 Å². The maximum absolute atomic E-state index is 9.24. The fourth-order valence-corrected chi connectivity index (χ4v) is 3.29. The Labute approximate surface area is 131 Å². The Hall–Kier alpha value is -0.120. The van der Waals surface area contributed by atoms with Crippen LogP contribution >= 0.6 is 0 Å². The molecule has 1 aliphatic rings. The highest BCUT2D eigenvalue weighted by Crippen LogP contribution is 2.25. The van der Waals surface area contributed by atoms with Gasteiger partial charge < -0.3 is 15.2 Å². The summed E-state index contributed by atoms with van der Waals surface area (Å²) in [5.74, 6) is 0. The quantitative estimate of drug-likeness (QED) is 0.504. The summed E-state index contributed by atoms with van der Waals surface area (Å²) in [4.78, 5) is 0. The second kappa shape index (κ2) is 12.4. The Morgan fingerprint density at radius 2 is 1.52 bits per heavy atom. The summed E-state index contributed by atoms with van der Waals surface area (Å²) in [6, 6.07) is 0. The van der Waals surface area contributed by atoms with Crippen LogP contribution in [0.3, 0.4) is 0 Å². The number of unbranched alkanes of at least 4 members (excludes halogenated alkanes) is 9. The van der Waals surface area contributed by atoms with E-state index in [1.54, 1.807) is 0 Å². The smallest absolute Gasteiger partial charge is 0.0828 e. The lowest BCUT2D eigenvalue weighted by Gasteiger charge is -2.37. The second-order valence-corrected chi connectivity index (χ2v) is 6.61. The van der Waals surface area contributed by atoms with E-state index in [1.165, 1.54) is 64.2 Å². The van der Waals surface area contributed by atoms with Crippen molar-refractivity contribution in [2.45, 2.75) is 89.6 Å². The van der Waals surface area contributed by atoms with Gasteiger partial charge in [-0.25, -0.2) is 0 Å². The molecular weight excluding hydrogens is 262 g/mol. The molecule has 1 saturated heterocycles. The van der Waals surface area contributed by atoms with E-state index in [9.17, 15) is 5.11 Å². The van der Waals surface area contributed by atoms with Crippen molar-refractivity contribution in [2.75, 3.05) is 26.3 Å². The minimum Gasteiger partial charge on any atom is -0.396 e. The summed E-state index contributed by atoms with van der Waals surface area (Å²) in [6.45, 7) is 5.16. The highest BCUT2D eigenvalue weighted by Gasteiger charge is 2.31. The molecule has 0 aromatic rings. The number of morpholine rings is 1. The lowest BCUT2D eigenvalue weighted by atomic mass is 9.91. The number of rotatable bonds is 13. The van der Waals surface area contributed by atoms with Crippen LogP contribution in [0.2, 0.25) is 0 Å². The molecule has 0 spiro atoms. The fourth-order valence-electron chi connectivity index (χ4n) is 3.29. The van der Waals surface area contributed by atoms with Crippen molar-refractivity contribution in [3.63, 3.8) is 0 Å². The number of hydrogen-bond donors (Lipinski definition) is 2. The zero-order valence-corrected chi connectivity index (χ0v) is 14.2. The van der Waals surface area contributed by atoms with Crippen molar-refractivity contribution in [2.24, 2.45) is 0 Å². The first-order valence-electron chi connectivity index (χ1n) is 9.28. The first-order valence-corrected chi connectivity index (χ1v) is 9.28. The molecule has 0 amide bonds. The minimum atomic E-state index is -0.0901. The molecule has 3 nitrogen and oxygen atoms in total. The highest BCUT2D eigenvalue weighted by atomic mass is 16.5. The van der Waals surface area contributed by atoms with Crippen LogP contribution < -0.4 is 5.32 Å². The molecule has 1 fully saturated rings. The van der Waals surface area contributed by atoms with Gasteiger partial charge in [0.2, 0.25) is 0 Å². The van der Waals surface area contributed by atoms with Gasteiger partial charge in [-0.1, -0.05) is 71.1 Å². The third-order valence-corrected chi connectivity index (χ3v) is 4.69. The standard InChI is InChI=1S/C18H37NO2/c1-2-3-4-5-6-7-8-9-10-11-12-18(13-15-20)17-19-14-16-21-18/h19-20H,2-17H2,1H3. The second-order valence-electron chi connectivity index (χ2n) is 6.61. The Morgan fingerprint density at radius 1 is 0.905 bits per heavy atom. The van der Waals surface area contributed by atoms with Crippen LogP contribution in [0.4, 0.5) is 0 Å². The molecular formula is C18H37NO2. The number of ether oxygens (including phenoxy) is 1. The average Bonchev–Trinajstić information content (AvgIpc) is 2.50. The summed E-state index contributed by atoms with van der Waals surface area (Å²) in [5.41, 5.74) is -0.0901. The number of nitrogens with one attached hydrogen (secondary N) is 1. The summed E-state index contributed by atoms with van der Waals surface area (Å²) in [7, 11) is 0. The van der Waals surface area contributed by atoms with Gasteiger partial charge in [0.1, 0.15) is 0 Å². The van der Waals surface area contributed by atoms with E-state index in [-0.39, 0.29) is 12.2 Å². The molecule has 3 heteroatoms. The Balaban J connectivity index is 1.96. The summed E-state index contributed by atoms with van der Waals surface area (Å²) >= 11 is 0. The van der Waals surface area contributed by atoms with Crippen molar-refractivity contribution < 1.29 is 9.84 Å². The maximum atomic E-state index is 9.24. The predicted octanol–water partition coefficient (Wildman–Crippen LogP) is 4.04. The van der Waals surface area contributed by atoms with Gasteiger partial charge in [0.25, 0.3) is 0 Å². The van der Waals surface area contributed by atoms with Gasteiger partial charge in [0, 0.05) is 26.1 Å². The molecule has 0 bridgehead atoms. The molecule has 0 aromatic heterocycles. The van der Waals surface area contributed by atoms with E-state index in [1.807, 2.05) is 0 Å². The highest BCUT2D eigenvalue weighted by molar-refractivity contribution is 4.86. The third kappa shape index (κ3) is 8.80. The van der Waals surface area contributed by atoms with Gasteiger partial charge in [0.05, 0.1) is 12.2 Å². The van der Waals surface area contributed by atoms with Crippen LogP contribution in [0.25, 0.3) is 0 Å². The lowest BCUT2D eigenvalue weighted by Crippen LogP contribution is -2.50. The molecule has 126 valence electrons. The van der Waals surface area contributed by atoms with Gasteiger partial charge in [-0.05, 0) is 6.42 Å². The summed E-state index contributed by atoms with van der Waals surface area (Å²) < 4.78 is 5.97. The first-order chi connectivity index (χ1) is 10.3. The van der Waals surface area contributed by atoms with Crippen molar-refractivity contribution in [3.8, 4) is 0 Å². The van der Waals surface area contributed by atoms with Crippen LogP contribution in [-0.2, 0) is 4.74 Å². The van der Waals surface area contributed by atoms with Crippen LogP contribution in [-0.4, -0.2) is 37.0 Å². The topological polar surface area (TPSA) is 41.5 Å². The van der Waals surface area contributed by atoms with Crippen LogP contribution in [0.1, 0.15) is 84.0 Å². The van der Waals surface area contributed by atoms with Gasteiger partial charge in [-0.15, -0.1) is 0 Å². The molecule has 2 N–H and O–H groups in total. The molecule has 0 saturated carbocycles. The monoisotopic (exact) mass is 299 g/mol. The molecule has 0 aliphatic carbocycles. The van der Waals surface area contributed by atoms with E-state index in [0.29, 0.717) is 0 Å². The van der Waals surface area contributed by atoms with Gasteiger partial charge in [-0.3, -0.25) is 0 Å². The number of aliphatic hydroxyl groups is 1. The molecule has 1 aliphatic heterocycles. The molecule has 1 heterocycles. The summed E-state index contributed by atoms with van der Waals surface area (Å²) in [6.07, 6.45) is 15.6. The van der Waals surface area contributed by atoms with Crippen LogP contribution in [0.15, 0.2) is 0 Å². The van der Waals surface area contributed by atoms with E-state index < -0.39 is 0 Å². The number of aliphatic hydroxyl groups excluding tert-OH is 1. The zero-order valence-electron chi connectivity index (χ0n) is 14.2. The lowest BCUT2D eigenvalue weighted by molar-refractivity contribution is -0.0846. The molecule has 21 heavy (non-hydrogen) atoms. The molecule has 1 atom stereocenters. The van der Waals surface area contributed by atoms with Crippen molar-refractivity contribution in [1.82, 2.24) is 5.32 Å². The van der Waals surface area contributed by atoms with Gasteiger partial charge in [-0.2, -0.15) is 0 Å². The molecule has 1 unspecified atom stereocenters. The van der Waals surface area contributed by atoms with Crippen LogP contribution in [0, 0.1) is 0 Å². The third-order valence-electron chi connectivity index (χ3n) is 4.69. The zero-order chi connectivity index (χ0) is 15.2. The first kappa shape index (κ1) is 18.9. The van der Waals surface area contributed by atoms with E-state index >= 15 is 0 Å². The van der Waals surface area contributed by atoms with Crippen LogP contribution in [0.5, 0.6) is 0 Å². The molecule has 0 aromatic carbocycles. The number of hydrogen-bond acceptors (Lipinski definition) is 3. The normalized spacial score (nSPS) is 22.6. The SMILES string of the molecule is CCCCCCCCCCCCC1(CCO)CNCCO1. The Kier molecular flexibility index (Phi) is 11.2. The molecule has 0 radical (unpaired) electrons. The maximum Gasteiger partial charge on any atom is 0.0828 e. The largest absolute Gasteiger partial charge is 0.396 e. The predicted molar refractivity (Wildman–Crippen MR) is 89.7 cm³/mol. The Morgan fingerprint density at radius 3 is 2.05 bits per heavy atom. The van der Waals surface area contributed by atoms with Gasteiger partial charge in [0.15, 0.2) is 0 Å². The summed E-state index contributed by atoms with van der Waals surface area (Å²) in [5, 5.41) is 12.6. The Bertz CT molecular complexity index is 222.